The highest BCUT2D eigenvalue weighted by Gasteiger charge is 2.24. The number of nitrogens with zero attached hydrogens (tertiary/aromatic N) is 2. The summed E-state index contributed by atoms with van der Waals surface area (Å²) in [6.07, 6.45) is -0.392. The molecule has 0 saturated carbocycles. The molecule has 162 valence electrons. The Balaban J connectivity index is 1.85. The van der Waals surface area contributed by atoms with E-state index in [-0.39, 0.29) is 6.04 Å². The second-order valence-corrected chi connectivity index (χ2v) is 8.83. The van der Waals surface area contributed by atoms with Crippen LogP contribution in [-0.4, -0.2) is 22.0 Å². The van der Waals surface area contributed by atoms with E-state index in [0.29, 0.717) is 0 Å². The van der Waals surface area contributed by atoms with Crippen LogP contribution < -0.4 is 0 Å². The second-order valence-electron chi connectivity index (χ2n) is 8.83. The first-order chi connectivity index (χ1) is 15.3. The molecule has 4 nitrogen and oxygen atoms in total. The van der Waals surface area contributed by atoms with Gasteiger partial charge in [0, 0.05) is 16.5 Å². The molecule has 0 aliphatic carbocycles. The van der Waals surface area contributed by atoms with E-state index in [2.05, 4.69) is 24.3 Å². The van der Waals surface area contributed by atoms with Gasteiger partial charge in [0.15, 0.2) is 0 Å². The number of aliphatic imine (C=N–C) groups is 1. The number of carbonyl (C=O) groups is 1. The summed E-state index contributed by atoms with van der Waals surface area (Å²) in [5.41, 5.74) is 3.98. The van der Waals surface area contributed by atoms with Gasteiger partial charge in [0.1, 0.15) is 5.60 Å². The summed E-state index contributed by atoms with van der Waals surface area (Å²) in [7, 11) is 0. The molecule has 0 aliphatic heterocycles. The monoisotopic (exact) mass is 424 g/mol. The van der Waals surface area contributed by atoms with Gasteiger partial charge in [-0.15, -0.1) is 0 Å². The molecule has 4 heteroatoms. The topological polar surface area (TPSA) is 43.6 Å². The van der Waals surface area contributed by atoms with E-state index in [1.807, 2.05) is 94.4 Å². The predicted molar refractivity (Wildman–Crippen MR) is 131 cm³/mol. The maximum atomic E-state index is 13.2. The fourth-order valence-electron chi connectivity index (χ4n) is 3.76. The highest BCUT2D eigenvalue weighted by Crippen LogP contribution is 2.29. The van der Waals surface area contributed by atoms with Gasteiger partial charge >= 0.3 is 6.09 Å². The number of fused-ring (bicyclic) bond motifs is 1. The maximum absolute atomic E-state index is 13.2. The molecule has 1 heterocycles. The fraction of sp³-hybridized carbons (Fsp3) is 0.214. The Kier molecular flexibility index (Phi) is 5.95. The molecule has 3 aromatic carbocycles. The first-order valence-corrected chi connectivity index (χ1v) is 10.9. The van der Waals surface area contributed by atoms with Crippen molar-refractivity contribution in [2.24, 2.45) is 4.99 Å². The molecule has 0 N–H and O–H groups in total. The SMILES string of the molecule is CC(N=C(c1ccccc1)c1ccccc1)c1cc2ccccc2n1C(=O)OC(C)(C)C. The number of hydrogen-bond acceptors (Lipinski definition) is 3. The Hall–Kier alpha value is -3.66. The summed E-state index contributed by atoms with van der Waals surface area (Å²) < 4.78 is 7.39. The van der Waals surface area contributed by atoms with Gasteiger partial charge in [-0.25, -0.2) is 9.36 Å². The molecule has 4 aromatic rings. The minimum Gasteiger partial charge on any atom is -0.443 e. The number of para-hydroxylation sites is 1. The van der Waals surface area contributed by atoms with Gasteiger partial charge in [-0.2, -0.15) is 0 Å². The summed E-state index contributed by atoms with van der Waals surface area (Å²) in [5, 5.41) is 0.983. The van der Waals surface area contributed by atoms with Crippen molar-refractivity contribution in [2.45, 2.75) is 39.3 Å². The zero-order valence-corrected chi connectivity index (χ0v) is 18.9. The van der Waals surface area contributed by atoms with Crippen molar-refractivity contribution < 1.29 is 9.53 Å². The lowest BCUT2D eigenvalue weighted by atomic mass is 10.0. The lowest BCUT2D eigenvalue weighted by Crippen LogP contribution is -2.28. The molecule has 4 rings (SSSR count). The van der Waals surface area contributed by atoms with Crippen LogP contribution in [0.4, 0.5) is 4.79 Å². The van der Waals surface area contributed by atoms with Crippen LogP contribution in [0.3, 0.4) is 0 Å². The fourth-order valence-corrected chi connectivity index (χ4v) is 3.76. The van der Waals surface area contributed by atoms with Crippen LogP contribution >= 0.6 is 0 Å². The molecule has 1 unspecified atom stereocenters. The zero-order chi connectivity index (χ0) is 22.7. The number of aromatic nitrogens is 1. The Bertz CT molecular complexity index is 1210. The van der Waals surface area contributed by atoms with Crippen LogP contribution in [-0.2, 0) is 4.74 Å². The van der Waals surface area contributed by atoms with Gasteiger partial charge in [-0.1, -0.05) is 78.9 Å². The molecule has 32 heavy (non-hydrogen) atoms. The summed E-state index contributed by atoms with van der Waals surface area (Å²) in [4.78, 5) is 18.3. The molecule has 0 aliphatic rings. The van der Waals surface area contributed by atoms with Crippen molar-refractivity contribution in [1.29, 1.82) is 0 Å². The van der Waals surface area contributed by atoms with E-state index in [0.717, 1.165) is 33.4 Å². The van der Waals surface area contributed by atoms with Crippen LogP contribution in [0, 0.1) is 0 Å². The molecule has 0 fully saturated rings. The second kappa shape index (κ2) is 8.83. The largest absolute Gasteiger partial charge is 0.443 e. The molecular weight excluding hydrogens is 396 g/mol. The first kappa shape index (κ1) is 21.6. The van der Waals surface area contributed by atoms with Gasteiger partial charge in [0.05, 0.1) is 23.0 Å². The Labute approximate surface area is 189 Å². The number of rotatable bonds is 4. The summed E-state index contributed by atoms with van der Waals surface area (Å²) in [6, 6.07) is 29.9. The lowest BCUT2D eigenvalue weighted by Gasteiger charge is -2.22. The molecule has 0 saturated heterocycles. The van der Waals surface area contributed by atoms with Crippen molar-refractivity contribution in [1.82, 2.24) is 4.57 Å². The number of benzene rings is 3. The normalized spacial score (nSPS) is 12.4. The molecule has 0 bridgehead atoms. The van der Waals surface area contributed by atoms with Crippen molar-refractivity contribution >= 4 is 22.7 Å². The van der Waals surface area contributed by atoms with Crippen molar-refractivity contribution in [3.05, 3.63) is 108 Å². The van der Waals surface area contributed by atoms with Gasteiger partial charge in [-0.3, -0.25) is 4.99 Å². The third-order valence-corrected chi connectivity index (χ3v) is 5.16. The maximum Gasteiger partial charge on any atom is 0.419 e. The summed E-state index contributed by atoms with van der Waals surface area (Å²) in [5.74, 6) is 0. The van der Waals surface area contributed by atoms with E-state index in [9.17, 15) is 4.79 Å². The average Bonchev–Trinajstić information content (AvgIpc) is 3.17. The van der Waals surface area contributed by atoms with Crippen molar-refractivity contribution in [2.75, 3.05) is 0 Å². The van der Waals surface area contributed by atoms with Gasteiger partial charge < -0.3 is 4.74 Å². The Morgan fingerprint density at radius 2 is 1.38 bits per heavy atom. The molecule has 0 amide bonds. The van der Waals surface area contributed by atoms with Gasteiger partial charge in [0.25, 0.3) is 0 Å². The van der Waals surface area contributed by atoms with Crippen molar-refractivity contribution in [3.63, 3.8) is 0 Å². The van der Waals surface area contributed by atoms with E-state index >= 15 is 0 Å². The van der Waals surface area contributed by atoms with Gasteiger partial charge in [0.2, 0.25) is 0 Å². The van der Waals surface area contributed by atoms with E-state index in [1.54, 1.807) is 4.57 Å². The van der Waals surface area contributed by atoms with Crippen molar-refractivity contribution in [3.8, 4) is 0 Å². The van der Waals surface area contributed by atoms with Crippen LogP contribution in [0.5, 0.6) is 0 Å². The van der Waals surface area contributed by atoms with Gasteiger partial charge in [-0.05, 0) is 39.8 Å². The van der Waals surface area contributed by atoms with E-state index in [1.165, 1.54) is 0 Å². The quantitative estimate of drug-likeness (QED) is 0.330. The number of hydrogen-bond donors (Lipinski definition) is 0. The van der Waals surface area contributed by atoms with Crippen LogP contribution in [0.2, 0.25) is 0 Å². The summed E-state index contributed by atoms with van der Waals surface area (Å²) >= 11 is 0. The van der Waals surface area contributed by atoms with Crippen LogP contribution in [0.1, 0.15) is 50.6 Å². The highest BCUT2D eigenvalue weighted by atomic mass is 16.6. The van der Waals surface area contributed by atoms with Crippen LogP contribution in [0.25, 0.3) is 10.9 Å². The lowest BCUT2D eigenvalue weighted by molar-refractivity contribution is 0.0539. The molecule has 0 spiro atoms. The standard InChI is InChI=1S/C28H28N2O2/c1-20(29-26(21-13-7-5-8-14-21)22-15-9-6-10-16-22)25-19-23-17-11-12-18-24(23)30(25)27(31)32-28(2,3)4/h5-20H,1-4H3. The smallest absolute Gasteiger partial charge is 0.419 e. The third-order valence-electron chi connectivity index (χ3n) is 5.16. The molecule has 1 atom stereocenters. The van der Waals surface area contributed by atoms with E-state index in [4.69, 9.17) is 9.73 Å². The molecule has 0 radical (unpaired) electrons. The number of ether oxygens (including phenoxy) is 1. The summed E-state index contributed by atoms with van der Waals surface area (Å²) in [6.45, 7) is 7.64. The zero-order valence-electron chi connectivity index (χ0n) is 18.9. The first-order valence-electron chi connectivity index (χ1n) is 10.9. The van der Waals surface area contributed by atoms with Crippen LogP contribution in [0.15, 0.2) is 96.0 Å². The number of carbonyl (C=O) groups excluding carboxylic acids is 1. The molecular formula is C28H28N2O2. The average molecular weight is 425 g/mol. The van der Waals surface area contributed by atoms with E-state index < -0.39 is 11.7 Å². The highest BCUT2D eigenvalue weighted by molar-refractivity contribution is 6.13. The minimum absolute atomic E-state index is 0.273. The minimum atomic E-state index is -0.592. The Morgan fingerprint density at radius 3 is 1.94 bits per heavy atom. The third kappa shape index (κ3) is 4.65. The Morgan fingerprint density at radius 1 is 0.844 bits per heavy atom. The molecule has 1 aromatic heterocycles. The predicted octanol–water partition coefficient (Wildman–Crippen LogP) is 7.02.